The predicted molar refractivity (Wildman–Crippen MR) is 105 cm³/mol. The number of aryl methyl sites for hydroxylation is 1. The van der Waals surface area contributed by atoms with Crippen LogP contribution >= 0.6 is 24.0 Å². The molecule has 0 bridgehead atoms. The van der Waals surface area contributed by atoms with E-state index in [9.17, 15) is 4.39 Å². The Bertz CT molecular complexity index is 517. The molecule has 0 spiro atoms. The van der Waals surface area contributed by atoms with Crippen LogP contribution in [0.25, 0.3) is 0 Å². The average Bonchev–Trinajstić information content (AvgIpc) is 3.35. The van der Waals surface area contributed by atoms with Crippen molar-refractivity contribution in [2.75, 3.05) is 26.7 Å². The van der Waals surface area contributed by atoms with Gasteiger partial charge in [0.1, 0.15) is 5.82 Å². The highest BCUT2D eigenvalue weighted by Crippen LogP contribution is 2.25. The van der Waals surface area contributed by atoms with Crippen molar-refractivity contribution in [2.24, 2.45) is 4.99 Å². The molecule has 1 aliphatic rings. The number of guanidine groups is 1. The summed E-state index contributed by atoms with van der Waals surface area (Å²) < 4.78 is 13.5. The van der Waals surface area contributed by atoms with Gasteiger partial charge in [-0.2, -0.15) is 0 Å². The molecular formula is C17H28FIN4. The lowest BCUT2D eigenvalue weighted by Crippen LogP contribution is -2.41. The molecule has 1 aromatic carbocycles. The monoisotopic (exact) mass is 434 g/mol. The van der Waals surface area contributed by atoms with Gasteiger partial charge in [0.15, 0.2) is 5.96 Å². The number of benzene rings is 1. The molecule has 4 nitrogen and oxygen atoms in total. The first-order valence-electron chi connectivity index (χ1n) is 8.07. The minimum absolute atomic E-state index is 0. The molecule has 6 heteroatoms. The molecule has 1 fully saturated rings. The summed E-state index contributed by atoms with van der Waals surface area (Å²) in [5.74, 6) is 0.595. The smallest absolute Gasteiger partial charge is 0.191 e. The molecule has 0 radical (unpaired) electrons. The highest BCUT2D eigenvalue weighted by atomic mass is 127. The number of hydrogen-bond acceptors (Lipinski definition) is 2. The second kappa shape index (κ2) is 10.1. The van der Waals surface area contributed by atoms with Gasteiger partial charge >= 0.3 is 0 Å². The maximum atomic E-state index is 13.5. The summed E-state index contributed by atoms with van der Waals surface area (Å²) >= 11 is 0. The summed E-state index contributed by atoms with van der Waals surface area (Å²) in [6.45, 7) is 7.54. The molecule has 23 heavy (non-hydrogen) atoms. The second-order valence-electron chi connectivity index (χ2n) is 5.80. The highest BCUT2D eigenvalue weighted by molar-refractivity contribution is 14.0. The van der Waals surface area contributed by atoms with Gasteiger partial charge in [-0.15, -0.1) is 24.0 Å². The van der Waals surface area contributed by atoms with Crippen LogP contribution in [0.5, 0.6) is 0 Å². The van der Waals surface area contributed by atoms with Crippen LogP contribution in [0, 0.1) is 12.7 Å². The Labute approximate surface area is 156 Å². The zero-order chi connectivity index (χ0) is 15.9. The van der Waals surface area contributed by atoms with Crippen molar-refractivity contribution >= 4 is 29.9 Å². The number of aliphatic imine (C=N–C) groups is 1. The SMILES string of the molecule is CCN(CCNC(=NC)NCc1ccc(C)c(F)c1)C1CC1.I. The molecule has 1 aromatic rings. The molecule has 2 N–H and O–H groups in total. The summed E-state index contributed by atoms with van der Waals surface area (Å²) in [5, 5.41) is 6.54. The molecular weight excluding hydrogens is 406 g/mol. The first-order chi connectivity index (χ1) is 10.6. The van der Waals surface area contributed by atoms with E-state index in [-0.39, 0.29) is 29.8 Å². The summed E-state index contributed by atoms with van der Waals surface area (Å²) in [5.41, 5.74) is 1.59. The van der Waals surface area contributed by atoms with Crippen molar-refractivity contribution < 1.29 is 4.39 Å². The number of halogens is 2. The third-order valence-corrected chi connectivity index (χ3v) is 4.08. The Morgan fingerprint density at radius 3 is 2.65 bits per heavy atom. The Morgan fingerprint density at radius 1 is 1.35 bits per heavy atom. The zero-order valence-corrected chi connectivity index (χ0v) is 16.6. The maximum absolute atomic E-state index is 13.5. The lowest BCUT2D eigenvalue weighted by atomic mass is 10.1. The fraction of sp³-hybridized carbons (Fsp3) is 0.588. The molecule has 1 aliphatic carbocycles. The zero-order valence-electron chi connectivity index (χ0n) is 14.2. The molecule has 130 valence electrons. The van der Waals surface area contributed by atoms with Crippen LogP contribution in [0.15, 0.2) is 23.2 Å². The standard InChI is InChI=1S/C17H27FN4.HI/c1-4-22(15-7-8-15)10-9-20-17(19-3)21-12-14-6-5-13(2)16(18)11-14;/h5-6,11,15H,4,7-10,12H2,1-3H3,(H2,19,20,21);1H. The number of hydrogen-bond donors (Lipinski definition) is 2. The van der Waals surface area contributed by atoms with Gasteiger partial charge in [0.25, 0.3) is 0 Å². The lowest BCUT2D eigenvalue weighted by Gasteiger charge is -2.20. The molecule has 0 aliphatic heterocycles. The van der Waals surface area contributed by atoms with E-state index in [4.69, 9.17) is 0 Å². The van der Waals surface area contributed by atoms with Gasteiger partial charge in [-0.1, -0.05) is 19.1 Å². The minimum Gasteiger partial charge on any atom is -0.355 e. The normalized spacial score (nSPS) is 14.6. The minimum atomic E-state index is -0.162. The van der Waals surface area contributed by atoms with Gasteiger partial charge in [0.05, 0.1) is 0 Å². The van der Waals surface area contributed by atoms with Crippen LogP contribution < -0.4 is 10.6 Å². The van der Waals surface area contributed by atoms with Crippen LogP contribution in [0.1, 0.15) is 30.9 Å². The van der Waals surface area contributed by atoms with Gasteiger partial charge in [-0.25, -0.2) is 4.39 Å². The Morgan fingerprint density at radius 2 is 2.09 bits per heavy atom. The lowest BCUT2D eigenvalue weighted by molar-refractivity contribution is 0.282. The third kappa shape index (κ3) is 6.63. The average molecular weight is 434 g/mol. The first kappa shape index (κ1) is 20.2. The molecule has 0 atom stereocenters. The molecule has 1 saturated carbocycles. The molecule has 0 heterocycles. The summed E-state index contributed by atoms with van der Waals surface area (Å²) in [6, 6.07) is 6.10. The van der Waals surface area contributed by atoms with Crippen LogP contribution in [-0.2, 0) is 6.54 Å². The number of likely N-dealkylation sites (N-methyl/N-ethyl adjacent to an activating group) is 1. The van der Waals surface area contributed by atoms with Gasteiger partial charge in [-0.3, -0.25) is 9.89 Å². The van der Waals surface area contributed by atoms with E-state index in [0.29, 0.717) is 12.1 Å². The van der Waals surface area contributed by atoms with Crippen LogP contribution in [-0.4, -0.2) is 43.6 Å². The van der Waals surface area contributed by atoms with E-state index in [1.807, 2.05) is 6.07 Å². The van der Waals surface area contributed by atoms with E-state index in [1.54, 1.807) is 26.1 Å². The second-order valence-corrected chi connectivity index (χ2v) is 5.80. The van der Waals surface area contributed by atoms with E-state index in [0.717, 1.165) is 37.2 Å². The van der Waals surface area contributed by atoms with Gasteiger partial charge in [-0.05, 0) is 43.5 Å². The van der Waals surface area contributed by atoms with Crippen LogP contribution in [0.4, 0.5) is 4.39 Å². The first-order valence-corrected chi connectivity index (χ1v) is 8.07. The topological polar surface area (TPSA) is 39.7 Å². The molecule has 0 saturated heterocycles. The predicted octanol–water partition coefficient (Wildman–Crippen LogP) is 2.90. The van der Waals surface area contributed by atoms with Crippen LogP contribution in [0.3, 0.4) is 0 Å². The van der Waals surface area contributed by atoms with E-state index < -0.39 is 0 Å². The van der Waals surface area contributed by atoms with Crippen molar-refractivity contribution in [1.29, 1.82) is 0 Å². The van der Waals surface area contributed by atoms with E-state index >= 15 is 0 Å². The van der Waals surface area contributed by atoms with E-state index in [1.165, 1.54) is 12.8 Å². The van der Waals surface area contributed by atoms with Gasteiger partial charge < -0.3 is 10.6 Å². The molecule has 0 unspecified atom stereocenters. The Hall–Kier alpha value is -0.890. The summed E-state index contributed by atoms with van der Waals surface area (Å²) in [4.78, 5) is 6.70. The van der Waals surface area contributed by atoms with Crippen molar-refractivity contribution in [3.8, 4) is 0 Å². The van der Waals surface area contributed by atoms with Crippen molar-refractivity contribution in [2.45, 2.75) is 39.3 Å². The van der Waals surface area contributed by atoms with Crippen molar-refractivity contribution in [1.82, 2.24) is 15.5 Å². The largest absolute Gasteiger partial charge is 0.355 e. The fourth-order valence-corrected chi connectivity index (χ4v) is 2.51. The van der Waals surface area contributed by atoms with Gasteiger partial charge in [0, 0.05) is 32.7 Å². The fourth-order valence-electron chi connectivity index (χ4n) is 2.51. The molecule has 0 aromatic heterocycles. The number of nitrogens with one attached hydrogen (secondary N) is 2. The van der Waals surface area contributed by atoms with Crippen molar-refractivity contribution in [3.63, 3.8) is 0 Å². The molecule has 0 amide bonds. The number of rotatable bonds is 7. The summed E-state index contributed by atoms with van der Waals surface area (Å²) in [7, 11) is 1.75. The maximum Gasteiger partial charge on any atom is 0.191 e. The van der Waals surface area contributed by atoms with Crippen molar-refractivity contribution in [3.05, 3.63) is 35.1 Å². The quantitative estimate of drug-likeness (QED) is 0.394. The third-order valence-electron chi connectivity index (χ3n) is 4.08. The Balaban J connectivity index is 0.00000264. The van der Waals surface area contributed by atoms with Crippen LogP contribution in [0.2, 0.25) is 0 Å². The summed E-state index contributed by atoms with van der Waals surface area (Å²) in [6.07, 6.45) is 2.67. The number of nitrogens with zero attached hydrogens (tertiary/aromatic N) is 2. The Kier molecular flexibility index (Phi) is 8.83. The highest BCUT2D eigenvalue weighted by Gasteiger charge is 2.27. The molecule has 2 rings (SSSR count). The van der Waals surface area contributed by atoms with E-state index in [2.05, 4.69) is 27.4 Å². The van der Waals surface area contributed by atoms with Gasteiger partial charge in [0.2, 0.25) is 0 Å².